The van der Waals surface area contributed by atoms with Crippen LogP contribution >= 0.6 is 0 Å². The van der Waals surface area contributed by atoms with Gasteiger partial charge in [0.25, 0.3) is 0 Å². The second-order valence-corrected chi connectivity index (χ2v) is 11.6. The summed E-state index contributed by atoms with van der Waals surface area (Å²) in [7, 11) is 0. The Kier molecular flexibility index (Phi) is 4.37. The lowest BCUT2D eigenvalue weighted by atomic mass is 9.44. The number of carbonyl (C=O) groups excluding carboxylic acids is 1. The van der Waals surface area contributed by atoms with E-state index in [1.165, 1.54) is 13.0 Å². The molecule has 6 nitrogen and oxygen atoms in total. The molecule has 174 valence electrons. The van der Waals surface area contributed by atoms with E-state index in [1.54, 1.807) is 6.26 Å². The summed E-state index contributed by atoms with van der Waals surface area (Å²) in [4.78, 5) is 23.7. The van der Waals surface area contributed by atoms with E-state index in [-0.39, 0.29) is 52.3 Å². The van der Waals surface area contributed by atoms with Gasteiger partial charge >= 0.3 is 11.6 Å². The van der Waals surface area contributed by atoms with Crippen LogP contribution in [0.4, 0.5) is 0 Å². The zero-order valence-electron chi connectivity index (χ0n) is 19.2. The van der Waals surface area contributed by atoms with Crippen LogP contribution in [0.2, 0.25) is 0 Å². The van der Waals surface area contributed by atoms with Crippen molar-refractivity contribution in [3.05, 3.63) is 34.4 Å². The highest BCUT2D eigenvalue weighted by molar-refractivity contribution is 5.66. The summed E-state index contributed by atoms with van der Waals surface area (Å²) >= 11 is 0. The van der Waals surface area contributed by atoms with Crippen LogP contribution in [0.15, 0.2) is 27.6 Å². The molecular formula is C26H34O6. The van der Waals surface area contributed by atoms with Crippen molar-refractivity contribution >= 4 is 5.97 Å². The van der Waals surface area contributed by atoms with Crippen molar-refractivity contribution in [1.82, 2.24) is 0 Å². The molecule has 1 aromatic heterocycles. The maximum absolute atomic E-state index is 12.1. The Balaban J connectivity index is 1.41. The van der Waals surface area contributed by atoms with Gasteiger partial charge in [-0.3, -0.25) is 4.79 Å². The van der Waals surface area contributed by atoms with Gasteiger partial charge in [-0.1, -0.05) is 13.8 Å². The molecule has 5 fully saturated rings. The lowest BCUT2D eigenvalue weighted by molar-refractivity contribution is -0.158. The third-order valence-corrected chi connectivity index (χ3v) is 10.5. The minimum atomic E-state index is -0.369. The molecular weight excluding hydrogens is 408 g/mol. The van der Waals surface area contributed by atoms with Gasteiger partial charge in [0.2, 0.25) is 0 Å². The quantitative estimate of drug-likeness (QED) is 0.554. The highest BCUT2D eigenvalue weighted by Crippen LogP contribution is 2.78. The summed E-state index contributed by atoms with van der Waals surface area (Å²) in [5.41, 5.74) is 0.319. The van der Waals surface area contributed by atoms with Crippen LogP contribution in [0.5, 0.6) is 0 Å². The SMILES string of the molecule is CC(=O)O[C@H]1[C@H]2O[C@]23C2CC[C@@H]4C[C@@H](O)CC[C@]4(C)C2CC[C@]3(C)[C@H]1c1ccc(=O)oc1. The third-order valence-electron chi connectivity index (χ3n) is 10.5. The van der Waals surface area contributed by atoms with E-state index >= 15 is 0 Å². The maximum atomic E-state index is 12.1. The first-order valence-electron chi connectivity index (χ1n) is 12.3. The predicted octanol–water partition coefficient (Wildman–Crippen LogP) is 3.80. The number of esters is 1. The molecule has 6 rings (SSSR count). The summed E-state index contributed by atoms with van der Waals surface area (Å²) in [6.07, 6.45) is 8.20. The fourth-order valence-corrected chi connectivity index (χ4v) is 9.10. The van der Waals surface area contributed by atoms with Gasteiger partial charge in [-0.05, 0) is 79.7 Å². The van der Waals surface area contributed by atoms with Crippen molar-refractivity contribution in [3.8, 4) is 0 Å². The Bertz CT molecular complexity index is 982. The van der Waals surface area contributed by atoms with Gasteiger partial charge in [-0.15, -0.1) is 0 Å². The number of ether oxygens (including phenoxy) is 2. The Hall–Kier alpha value is -1.66. The highest BCUT2D eigenvalue weighted by atomic mass is 16.7. The standard InChI is InChI=1S/C26H34O6/c1-14(27)31-22-21(15-4-7-20(29)30-13-15)25(3)11-9-18-19(26(25)23(22)32-26)6-5-16-12-17(28)8-10-24(16,18)2/h4,7,13,16-19,21-23,28H,5-6,8-12H2,1-3H3/t16-,17+,18?,19?,21+,22-,23-,24+,25-,26-/m1/s1. The molecule has 1 saturated heterocycles. The second kappa shape index (κ2) is 6.69. The van der Waals surface area contributed by atoms with Crippen molar-refractivity contribution in [1.29, 1.82) is 0 Å². The molecule has 1 N–H and O–H groups in total. The average molecular weight is 443 g/mol. The largest absolute Gasteiger partial charge is 0.459 e. The number of aliphatic hydroxyl groups is 1. The first kappa shape index (κ1) is 20.9. The van der Waals surface area contributed by atoms with Gasteiger partial charge in [0.05, 0.1) is 12.4 Å². The van der Waals surface area contributed by atoms with Crippen molar-refractivity contribution in [2.75, 3.05) is 0 Å². The fraction of sp³-hybridized carbons (Fsp3) is 0.769. The van der Waals surface area contributed by atoms with Crippen LogP contribution in [0, 0.1) is 28.6 Å². The summed E-state index contributed by atoms with van der Waals surface area (Å²) in [6, 6.07) is 3.30. The summed E-state index contributed by atoms with van der Waals surface area (Å²) < 4.78 is 17.8. The minimum Gasteiger partial charge on any atom is -0.459 e. The molecule has 1 aromatic rings. The minimum absolute atomic E-state index is 0.0471. The number of aliphatic hydroxyl groups excluding tert-OH is 1. The molecule has 0 bridgehead atoms. The Morgan fingerprint density at radius 3 is 2.66 bits per heavy atom. The van der Waals surface area contributed by atoms with Crippen LogP contribution in [0.25, 0.3) is 0 Å². The van der Waals surface area contributed by atoms with E-state index in [9.17, 15) is 14.7 Å². The van der Waals surface area contributed by atoms with E-state index in [0.29, 0.717) is 17.8 Å². The molecule has 4 saturated carbocycles. The lowest BCUT2D eigenvalue weighted by Gasteiger charge is -2.61. The predicted molar refractivity (Wildman–Crippen MR) is 116 cm³/mol. The van der Waals surface area contributed by atoms with Gasteiger partial charge < -0.3 is 19.0 Å². The second-order valence-electron chi connectivity index (χ2n) is 11.6. The van der Waals surface area contributed by atoms with Crippen molar-refractivity contribution in [2.45, 2.75) is 95.5 Å². The smallest absolute Gasteiger partial charge is 0.335 e. The zero-order chi connectivity index (χ0) is 22.5. The first-order chi connectivity index (χ1) is 15.2. The topological polar surface area (TPSA) is 89.3 Å². The number of carbonyl (C=O) groups is 1. The Labute approximate surface area is 188 Å². The highest BCUT2D eigenvalue weighted by Gasteiger charge is 2.84. The van der Waals surface area contributed by atoms with Crippen LogP contribution in [-0.2, 0) is 14.3 Å². The van der Waals surface area contributed by atoms with E-state index in [1.807, 2.05) is 6.07 Å². The molecule has 0 aromatic carbocycles. The fourth-order valence-electron chi connectivity index (χ4n) is 9.10. The monoisotopic (exact) mass is 442 g/mol. The van der Waals surface area contributed by atoms with Gasteiger partial charge in [0, 0.05) is 24.3 Å². The lowest BCUT2D eigenvalue weighted by Crippen LogP contribution is -2.58. The zero-order valence-corrected chi connectivity index (χ0v) is 19.2. The maximum Gasteiger partial charge on any atom is 0.335 e. The van der Waals surface area contributed by atoms with Crippen LogP contribution in [-0.4, -0.2) is 35.0 Å². The molecule has 0 radical (unpaired) electrons. The van der Waals surface area contributed by atoms with Gasteiger partial charge in [-0.25, -0.2) is 4.79 Å². The number of epoxide rings is 1. The third kappa shape index (κ3) is 2.54. The van der Waals surface area contributed by atoms with Crippen LogP contribution in [0.1, 0.15) is 77.2 Å². The van der Waals surface area contributed by atoms with Gasteiger partial charge in [0.1, 0.15) is 17.8 Å². The molecule has 0 amide bonds. The molecule has 6 heteroatoms. The van der Waals surface area contributed by atoms with E-state index < -0.39 is 0 Å². The van der Waals surface area contributed by atoms with Gasteiger partial charge in [-0.2, -0.15) is 0 Å². The molecule has 2 unspecified atom stereocenters. The molecule has 10 atom stereocenters. The number of hydrogen-bond acceptors (Lipinski definition) is 6. The summed E-state index contributed by atoms with van der Waals surface area (Å²) in [6.45, 7) is 6.23. The average Bonchev–Trinajstić information content (AvgIpc) is 3.44. The molecule has 1 spiro atoms. The molecule has 2 heterocycles. The van der Waals surface area contributed by atoms with E-state index in [0.717, 1.165) is 50.5 Å². The first-order valence-corrected chi connectivity index (χ1v) is 12.3. The Morgan fingerprint density at radius 2 is 1.94 bits per heavy atom. The number of fused-ring (bicyclic) bond motifs is 3. The van der Waals surface area contributed by atoms with Crippen molar-refractivity contribution in [2.24, 2.45) is 28.6 Å². The van der Waals surface area contributed by atoms with Crippen LogP contribution < -0.4 is 5.63 Å². The molecule has 4 aliphatic carbocycles. The number of rotatable bonds is 2. The van der Waals surface area contributed by atoms with E-state index in [4.69, 9.17) is 13.9 Å². The van der Waals surface area contributed by atoms with Gasteiger partial charge in [0.15, 0.2) is 0 Å². The number of hydrogen-bond donors (Lipinski definition) is 1. The Morgan fingerprint density at radius 1 is 1.12 bits per heavy atom. The summed E-state index contributed by atoms with van der Waals surface area (Å²) in [5, 5.41) is 10.3. The van der Waals surface area contributed by atoms with Crippen molar-refractivity contribution in [3.63, 3.8) is 0 Å². The van der Waals surface area contributed by atoms with Crippen LogP contribution in [0.3, 0.4) is 0 Å². The normalized spacial score (nSPS) is 51.1. The van der Waals surface area contributed by atoms with Crippen molar-refractivity contribution < 1.29 is 23.8 Å². The summed E-state index contributed by atoms with van der Waals surface area (Å²) in [5.74, 6) is 1.24. The molecule has 32 heavy (non-hydrogen) atoms. The molecule has 1 aliphatic heterocycles. The molecule has 5 aliphatic rings. The van der Waals surface area contributed by atoms with E-state index in [2.05, 4.69) is 13.8 Å².